The van der Waals surface area contributed by atoms with Gasteiger partial charge in [0.15, 0.2) is 0 Å². The maximum absolute atomic E-state index is 10.8. The molecule has 0 aromatic carbocycles. The monoisotopic (exact) mass is 295 g/mol. The third-order valence-electron chi connectivity index (χ3n) is 6.57. The topological polar surface area (TPSA) is 43.7 Å². The first-order valence-corrected chi connectivity index (χ1v) is 9.22. The van der Waals surface area contributed by atoms with Crippen molar-refractivity contribution in [2.24, 2.45) is 11.3 Å². The molecule has 1 heterocycles. The van der Waals surface area contributed by atoms with Crippen LogP contribution in [0.5, 0.6) is 0 Å². The van der Waals surface area contributed by atoms with Crippen LogP contribution in [0, 0.1) is 11.3 Å². The molecule has 1 saturated heterocycles. The lowest BCUT2D eigenvalue weighted by molar-refractivity contribution is -0.103. The van der Waals surface area contributed by atoms with E-state index in [4.69, 9.17) is 0 Å². The molecule has 3 rings (SSSR count). The van der Waals surface area contributed by atoms with Crippen LogP contribution in [0.4, 0.5) is 0 Å². The molecule has 2 N–H and O–H groups in total. The van der Waals surface area contributed by atoms with Gasteiger partial charge in [-0.05, 0) is 32.1 Å². The Morgan fingerprint density at radius 1 is 0.905 bits per heavy atom. The summed E-state index contributed by atoms with van der Waals surface area (Å²) in [4.78, 5) is 2.56. The Balaban J connectivity index is 1.62. The Hall–Kier alpha value is -0.120. The number of likely N-dealkylation sites (tertiary alicyclic amines) is 1. The Morgan fingerprint density at radius 3 is 2.33 bits per heavy atom. The summed E-state index contributed by atoms with van der Waals surface area (Å²) in [5.41, 5.74) is -0.231. The predicted molar refractivity (Wildman–Crippen MR) is 85.2 cm³/mol. The molecule has 0 amide bonds. The van der Waals surface area contributed by atoms with Gasteiger partial charge in [0, 0.05) is 37.6 Å². The van der Waals surface area contributed by atoms with Gasteiger partial charge in [0.05, 0.1) is 5.60 Å². The maximum atomic E-state index is 10.8. The number of hydrogen-bond donors (Lipinski definition) is 2. The molecule has 2 aliphatic carbocycles. The molecule has 3 heteroatoms. The standard InChI is InChI=1S/C18H33NO2/c20-15-17(8-4-1-2-5-9-17)14-19-12-11-18(21)10-6-3-7-16(18)13-19/h16,20-21H,1-15H2. The number of rotatable bonds is 3. The summed E-state index contributed by atoms with van der Waals surface area (Å²) in [6.07, 6.45) is 13.2. The van der Waals surface area contributed by atoms with Crippen molar-refractivity contribution in [3.05, 3.63) is 0 Å². The van der Waals surface area contributed by atoms with E-state index in [1.165, 1.54) is 57.8 Å². The van der Waals surface area contributed by atoms with Crippen LogP contribution in [0.3, 0.4) is 0 Å². The van der Waals surface area contributed by atoms with E-state index in [1.54, 1.807) is 0 Å². The summed E-state index contributed by atoms with van der Waals surface area (Å²) < 4.78 is 0. The fourth-order valence-electron chi connectivity index (χ4n) is 5.10. The smallest absolute Gasteiger partial charge is 0.0700 e. The van der Waals surface area contributed by atoms with Gasteiger partial charge < -0.3 is 15.1 Å². The van der Waals surface area contributed by atoms with Gasteiger partial charge in [-0.1, -0.05) is 38.5 Å². The quantitative estimate of drug-likeness (QED) is 0.787. The predicted octanol–water partition coefficient (Wildman–Crippen LogP) is 2.95. The molecule has 0 radical (unpaired) electrons. The molecule has 3 fully saturated rings. The average Bonchev–Trinajstić information content (AvgIpc) is 2.74. The lowest BCUT2D eigenvalue weighted by atomic mass is 9.70. The van der Waals surface area contributed by atoms with Gasteiger partial charge in [0.2, 0.25) is 0 Å². The number of nitrogens with zero attached hydrogens (tertiary/aromatic N) is 1. The van der Waals surface area contributed by atoms with Crippen molar-refractivity contribution in [1.29, 1.82) is 0 Å². The number of aliphatic hydroxyl groups excluding tert-OH is 1. The van der Waals surface area contributed by atoms with Crippen LogP contribution < -0.4 is 0 Å². The van der Waals surface area contributed by atoms with Crippen molar-refractivity contribution in [3.8, 4) is 0 Å². The summed E-state index contributed by atoms with van der Waals surface area (Å²) in [5, 5.41) is 20.8. The molecule has 2 unspecified atom stereocenters. The zero-order valence-corrected chi connectivity index (χ0v) is 13.5. The highest BCUT2D eigenvalue weighted by molar-refractivity contribution is 4.97. The highest BCUT2D eigenvalue weighted by atomic mass is 16.3. The summed E-state index contributed by atoms with van der Waals surface area (Å²) >= 11 is 0. The van der Waals surface area contributed by atoms with E-state index < -0.39 is 0 Å². The maximum Gasteiger partial charge on any atom is 0.0700 e. The SMILES string of the molecule is OCC1(CN2CCC3(O)CCCCC3C2)CCCCCC1. The highest BCUT2D eigenvalue weighted by Crippen LogP contribution is 2.42. The fourth-order valence-corrected chi connectivity index (χ4v) is 5.10. The second-order valence-corrected chi connectivity index (χ2v) is 8.10. The average molecular weight is 295 g/mol. The summed E-state index contributed by atoms with van der Waals surface area (Å²) in [6, 6.07) is 0. The molecule has 0 spiro atoms. The van der Waals surface area contributed by atoms with E-state index in [0.29, 0.717) is 12.5 Å². The van der Waals surface area contributed by atoms with Crippen LogP contribution in [-0.2, 0) is 0 Å². The summed E-state index contributed by atoms with van der Waals surface area (Å²) in [7, 11) is 0. The Labute approximate surface area is 129 Å². The second kappa shape index (κ2) is 6.55. The molecule has 21 heavy (non-hydrogen) atoms. The van der Waals surface area contributed by atoms with Gasteiger partial charge in [-0.25, -0.2) is 0 Å². The van der Waals surface area contributed by atoms with Crippen molar-refractivity contribution in [1.82, 2.24) is 4.90 Å². The van der Waals surface area contributed by atoms with Crippen LogP contribution >= 0.6 is 0 Å². The van der Waals surface area contributed by atoms with Crippen LogP contribution in [0.2, 0.25) is 0 Å². The highest BCUT2D eigenvalue weighted by Gasteiger charge is 2.44. The number of fused-ring (bicyclic) bond motifs is 1. The van der Waals surface area contributed by atoms with Crippen LogP contribution in [0.25, 0.3) is 0 Å². The molecule has 3 aliphatic rings. The minimum atomic E-state index is -0.370. The molecular formula is C18H33NO2. The number of piperidine rings is 1. The Bertz CT molecular complexity index is 338. The van der Waals surface area contributed by atoms with Crippen molar-refractivity contribution in [3.63, 3.8) is 0 Å². The molecule has 122 valence electrons. The van der Waals surface area contributed by atoms with Crippen molar-refractivity contribution in [2.45, 2.75) is 76.2 Å². The van der Waals surface area contributed by atoms with Gasteiger partial charge in [0.1, 0.15) is 0 Å². The van der Waals surface area contributed by atoms with Crippen LogP contribution in [0.1, 0.15) is 70.6 Å². The largest absolute Gasteiger partial charge is 0.396 e. The number of hydrogen-bond acceptors (Lipinski definition) is 3. The molecule has 0 aromatic heterocycles. The minimum absolute atomic E-state index is 0.140. The lowest BCUT2D eigenvalue weighted by Crippen LogP contribution is -2.55. The van der Waals surface area contributed by atoms with E-state index in [-0.39, 0.29) is 11.0 Å². The van der Waals surface area contributed by atoms with E-state index >= 15 is 0 Å². The zero-order chi connectivity index (χ0) is 14.8. The van der Waals surface area contributed by atoms with Crippen molar-refractivity contribution < 1.29 is 10.2 Å². The summed E-state index contributed by atoms with van der Waals surface area (Å²) in [6.45, 7) is 3.47. The number of aliphatic hydroxyl groups is 2. The molecular weight excluding hydrogens is 262 g/mol. The Kier molecular flexibility index (Phi) is 4.92. The first kappa shape index (κ1) is 15.8. The molecule has 0 bridgehead atoms. The summed E-state index contributed by atoms with van der Waals surface area (Å²) in [5.74, 6) is 0.474. The molecule has 2 atom stereocenters. The van der Waals surface area contributed by atoms with E-state index in [2.05, 4.69) is 4.90 Å². The van der Waals surface area contributed by atoms with Gasteiger partial charge >= 0.3 is 0 Å². The van der Waals surface area contributed by atoms with Gasteiger partial charge in [-0.15, -0.1) is 0 Å². The normalized spacial score (nSPS) is 37.7. The van der Waals surface area contributed by atoms with Gasteiger partial charge in [0.25, 0.3) is 0 Å². The first-order chi connectivity index (χ1) is 10.2. The molecule has 0 aromatic rings. The Morgan fingerprint density at radius 2 is 1.62 bits per heavy atom. The van der Waals surface area contributed by atoms with Gasteiger partial charge in [-0.3, -0.25) is 0 Å². The van der Waals surface area contributed by atoms with Crippen molar-refractivity contribution >= 4 is 0 Å². The molecule has 2 saturated carbocycles. The first-order valence-electron chi connectivity index (χ1n) is 9.22. The van der Waals surface area contributed by atoms with E-state index in [1.807, 2.05) is 0 Å². The van der Waals surface area contributed by atoms with Crippen LogP contribution in [0.15, 0.2) is 0 Å². The minimum Gasteiger partial charge on any atom is -0.396 e. The zero-order valence-electron chi connectivity index (χ0n) is 13.5. The third-order valence-corrected chi connectivity index (χ3v) is 6.57. The molecule has 3 nitrogen and oxygen atoms in total. The third kappa shape index (κ3) is 3.46. The fraction of sp³-hybridized carbons (Fsp3) is 1.00. The van der Waals surface area contributed by atoms with E-state index in [0.717, 1.165) is 32.5 Å². The molecule has 1 aliphatic heterocycles. The lowest BCUT2D eigenvalue weighted by Gasteiger charge is -2.49. The van der Waals surface area contributed by atoms with Crippen LogP contribution in [-0.4, -0.2) is 47.0 Å². The van der Waals surface area contributed by atoms with E-state index in [9.17, 15) is 10.2 Å². The second-order valence-electron chi connectivity index (χ2n) is 8.10. The van der Waals surface area contributed by atoms with Gasteiger partial charge in [-0.2, -0.15) is 0 Å². The van der Waals surface area contributed by atoms with Crippen molar-refractivity contribution in [2.75, 3.05) is 26.2 Å².